The molecule has 4 aromatic rings. The molecule has 1 aliphatic rings. The summed E-state index contributed by atoms with van der Waals surface area (Å²) in [7, 11) is 0. The smallest absolute Gasteiger partial charge is 0.261 e. The van der Waals surface area contributed by atoms with Gasteiger partial charge in [-0.05, 0) is 49.6 Å². The first-order chi connectivity index (χ1) is 17.1. The van der Waals surface area contributed by atoms with E-state index in [1.807, 2.05) is 49.4 Å². The molecule has 2 aromatic carbocycles. The Labute approximate surface area is 203 Å². The van der Waals surface area contributed by atoms with Gasteiger partial charge >= 0.3 is 0 Å². The number of hydrogen-bond acceptors (Lipinski definition) is 6. The van der Waals surface area contributed by atoms with Gasteiger partial charge in [0.25, 0.3) is 5.89 Å². The van der Waals surface area contributed by atoms with Crippen LogP contribution in [0.1, 0.15) is 31.4 Å². The fraction of sp³-hybridized carbons (Fsp3) is 0.259. The minimum atomic E-state index is -0.287. The Morgan fingerprint density at radius 2 is 1.80 bits per heavy atom. The van der Waals surface area contributed by atoms with E-state index in [2.05, 4.69) is 25.3 Å². The SMILES string of the molecule is C[C@H](NC(=O)C1CCN(c2ncccc2-c2nc(-c3ccccc3)no2)CC1)c1ccc(F)cc1. The number of anilines is 1. The van der Waals surface area contributed by atoms with Gasteiger partial charge in [-0.1, -0.05) is 47.6 Å². The molecule has 1 N–H and O–H groups in total. The van der Waals surface area contributed by atoms with Crippen LogP contribution in [-0.4, -0.2) is 34.1 Å². The second-order valence-electron chi connectivity index (χ2n) is 8.71. The molecule has 0 bridgehead atoms. The van der Waals surface area contributed by atoms with Gasteiger partial charge in [0.15, 0.2) is 0 Å². The lowest BCUT2D eigenvalue weighted by molar-refractivity contribution is -0.126. The zero-order chi connectivity index (χ0) is 24.2. The molecule has 0 unspecified atom stereocenters. The fourth-order valence-corrected chi connectivity index (χ4v) is 4.37. The van der Waals surface area contributed by atoms with Crippen LogP contribution in [0.25, 0.3) is 22.8 Å². The van der Waals surface area contributed by atoms with Crippen molar-refractivity contribution in [1.29, 1.82) is 0 Å². The van der Waals surface area contributed by atoms with E-state index in [1.54, 1.807) is 18.3 Å². The van der Waals surface area contributed by atoms with Crippen molar-refractivity contribution in [1.82, 2.24) is 20.4 Å². The summed E-state index contributed by atoms with van der Waals surface area (Å²) in [6.45, 7) is 3.29. The van der Waals surface area contributed by atoms with Crippen LogP contribution in [0.2, 0.25) is 0 Å². The number of aromatic nitrogens is 3. The number of rotatable bonds is 6. The van der Waals surface area contributed by atoms with Crippen LogP contribution < -0.4 is 10.2 Å². The highest BCUT2D eigenvalue weighted by Crippen LogP contribution is 2.32. The third kappa shape index (κ3) is 5.06. The van der Waals surface area contributed by atoms with E-state index in [-0.39, 0.29) is 23.7 Å². The van der Waals surface area contributed by atoms with Crippen LogP contribution >= 0.6 is 0 Å². The Morgan fingerprint density at radius 3 is 2.54 bits per heavy atom. The first kappa shape index (κ1) is 22.7. The maximum Gasteiger partial charge on any atom is 0.261 e. The highest BCUT2D eigenvalue weighted by Gasteiger charge is 2.28. The Kier molecular flexibility index (Phi) is 6.52. The van der Waals surface area contributed by atoms with Crippen LogP contribution in [0.3, 0.4) is 0 Å². The minimum Gasteiger partial charge on any atom is -0.356 e. The first-order valence-electron chi connectivity index (χ1n) is 11.7. The quantitative estimate of drug-likeness (QED) is 0.425. The van der Waals surface area contributed by atoms with E-state index in [9.17, 15) is 9.18 Å². The number of pyridine rings is 1. The van der Waals surface area contributed by atoms with E-state index in [4.69, 9.17) is 4.52 Å². The van der Waals surface area contributed by atoms with Crippen LogP contribution in [0.4, 0.5) is 10.2 Å². The van der Waals surface area contributed by atoms with Crippen molar-refractivity contribution >= 4 is 11.7 Å². The topological polar surface area (TPSA) is 84.2 Å². The lowest BCUT2D eigenvalue weighted by Gasteiger charge is -2.33. The molecular weight excluding hydrogens is 445 g/mol. The highest BCUT2D eigenvalue weighted by molar-refractivity contribution is 5.79. The number of carbonyl (C=O) groups excluding carboxylic acids is 1. The van der Waals surface area contributed by atoms with Crippen LogP contribution in [0.15, 0.2) is 77.4 Å². The monoisotopic (exact) mass is 471 g/mol. The van der Waals surface area contributed by atoms with Gasteiger partial charge in [0.2, 0.25) is 11.7 Å². The molecular formula is C27H26FN5O2. The third-order valence-electron chi connectivity index (χ3n) is 6.37. The summed E-state index contributed by atoms with van der Waals surface area (Å²) in [4.78, 5) is 24.2. The summed E-state index contributed by atoms with van der Waals surface area (Å²) in [6, 6.07) is 19.5. The van der Waals surface area contributed by atoms with E-state index in [0.29, 0.717) is 37.6 Å². The fourth-order valence-electron chi connectivity index (χ4n) is 4.37. The van der Waals surface area contributed by atoms with Crippen molar-refractivity contribution in [3.8, 4) is 22.8 Å². The molecule has 3 heterocycles. The van der Waals surface area contributed by atoms with Gasteiger partial charge in [-0.2, -0.15) is 4.98 Å². The van der Waals surface area contributed by atoms with Gasteiger partial charge in [0.05, 0.1) is 11.6 Å². The second kappa shape index (κ2) is 10.0. The van der Waals surface area contributed by atoms with E-state index in [0.717, 1.165) is 22.5 Å². The number of carbonyl (C=O) groups is 1. The van der Waals surface area contributed by atoms with Crippen molar-refractivity contribution in [3.05, 3.63) is 84.3 Å². The maximum absolute atomic E-state index is 13.2. The Bertz CT molecular complexity index is 1280. The summed E-state index contributed by atoms with van der Waals surface area (Å²) in [5.41, 5.74) is 2.54. The summed E-state index contributed by atoms with van der Waals surface area (Å²) in [5.74, 6) is 1.36. The lowest BCUT2D eigenvalue weighted by atomic mass is 9.95. The third-order valence-corrected chi connectivity index (χ3v) is 6.37. The van der Waals surface area contributed by atoms with Crippen LogP contribution in [0, 0.1) is 11.7 Å². The van der Waals surface area contributed by atoms with Crippen molar-refractivity contribution in [2.75, 3.05) is 18.0 Å². The molecule has 1 amide bonds. The van der Waals surface area contributed by atoms with Crippen molar-refractivity contribution in [2.24, 2.45) is 5.92 Å². The zero-order valence-electron chi connectivity index (χ0n) is 19.4. The second-order valence-corrected chi connectivity index (χ2v) is 8.71. The van der Waals surface area contributed by atoms with Gasteiger partial charge in [0.1, 0.15) is 11.6 Å². The lowest BCUT2D eigenvalue weighted by Crippen LogP contribution is -2.41. The van der Waals surface area contributed by atoms with Gasteiger partial charge in [-0.3, -0.25) is 4.79 Å². The molecule has 7 nitrogen and oxygen atoms in total. The Morgan fingerprint density at radius 1 is 1.06 bits per heavy atom. The van der Waals surface area contributed by atoms with E-state index >= 15 is 0 Å². The Hall–Kier alpha value is -4.07. The molecule has 1 fully saturated rings. The maximum atomic E-state index is 13.2. The molecule has 35 heavy (non-hydrogen) atoms. The molecule has 178 valence electrons. The van der Waals surface area contributed by atoms with Gasteiger partial charge < -0.3 is 14.7 Å². The minimum absolute atomic E-state index is 0.0205. The standard InChI is InChI=1S/C27H26FN5O2/c1-18(19-9-11-22(28)12-10-19)30-26(34)21-13-16-33(17-14-21)25-23(8-5-15-29-25)27-31-24(32-35-27)20-6-3-2-4-7-20/h2-12,15,18,21H,13-14,16-17H2,1H3,(H,30,34)/t18-/m0/s1. The molecule has 1 atom stereocenters. The molecule has 5 rings (SSSR count). The molecule has 0 radical (unpaired) electrons. The first-order valence-corrected chi connectivity index (χ1v) is 11.7. The van der Waals surface area contributed by atoms with Crippen LogP contribution in [-0.2, 0) is 4.79 Å². The van der Waals surface area contributed by atoms with Crippen molar-refractivity contribution in [2.45, 2.75) is 25.8 Å². The predicted molar refractivity (Wildman–Crippen MR) is 131 cm³/mol. The molecule has 8 heteroatoms. The molecule has 1 saturated heterocycles. The molecule has 0 aliphatic carbocycles. The number of amides is 1. The highest BCUT2D eigenvalue weighted by atomic mass is 19.1. The van der Waals surface area contributed by atoms with Gasteiger partial charge in [-0.15, -0.1) is 0 Å². The summed E-state index contributed by atoms with van der Waals surface area (Å²) < 4.78 is 18.8. The number of piperidine rings is 1. The molecule has 0 saturated carbocycles. The van der Waals surface area contributed by atoms with E-state index < -0.39 is 0 Å². The average Bonchev–Trinajstić information content (AvgIpc) is 3.40. The molecule has 0 spiro atoms. The normalized spacial score (nSPS) is 15.1. The number of hydrogen-bond donors (Lipinski definition) is 1. The number of halogens is 1. The average molecular weight is 472 g/mol. The van der Waals surface area contributed by atoms with Crippen molar-refractivity contribution < 1.29 is 13.7 Å². The summed E-state index contributed by atoms with van der Waals surface area (Å²) >= 11 is 0. The van der Waals surface area contributed by atoms with E-state index in [1.165, 1.54) is 12.1 Å². The largest absolute Gasteiger partial charge is 0.356 e. The van der Waals surface area contributed by atoms with Gasteiger partial charge in [-0.25, -0.2) is 9.37 Å². The zero-order valence-corrected chi connectivity index (χ0v) is 19.4. The van der Waals surface area contributed by atoms with Crippen LogP contribution in [0.5, 0.6) is 0 Å². The number of benzene rings is 2. The molecule has 1 aliphatic heterocycles. The molecule has 2 aromatic heterocycles. The predicted octanol–water partition coefficient (Wildman–Crippen LogP) is 5.03. The summed E-state index contributed by atoms with van der Waals surface area (Å²) in [6.07, 6.45) is 3.16. The Balaban J connectivity index is 1.24. The number of nitrogens with zero attached hydrogens (tertiary/aromatic N) is 4. The summed E-state index contributed by atoms with van der Waals surface area (Å²) in [5, 5.41) is 7.20. The van der Waals surface area contributed by atoms with Gasteiger partial charge in [0, 0.05) is 30.8 Å². The number of nitrogens with one attached hydrogen (secondary N) is 1. The van der Waals surface area contributed by atoms with Crippen molar-refractivity contribution in [3.63, 3.8) is 0 Å².